The smallest absolute Gasteiger partial charge is 0.220 e. The molecule has 0 aliphatic rings. The molecule has 222 valence electrons. The summed E-state index contributed by atoms with van der Waals surface area (Å²) >= 11 is 0. The average Bonchev–Trinajstić information content (AvgIpc) is 2.94. The van der Waals surface area contributed by atoms with Gasteiger partial charge in [0.1, 0.15) is 0 Å². The van der Waals surface area contributed by atoms with Gasteiger partial charge in [0, 0.05) is 6.42 Å². The first-order valence-electron chi connectivity index (χ1n) is 15.1. The number of carbonyl (C=O) groups excluding carboxylic acids is 1. The number of allylic oxidation sites excluding steroid dienone is 2. The monoisotopic (exact) mass is 569 g/mol. The second kappa shape index (κ2) is 20.6. The molecule has 7 heteroatoms. The number of phosphoric ester groups is 1. The van der Waals surface area contributed by atoms with Gasteiger partial charge in [-0.25, -0.2) is 0 Å². The van der Waals surface area contributed by atoms with Crippen LogP contribution in [0.1, 0.15) is 102 Å². The zero-order chi connectivity index (χ0) is 28.9. The van der Waals surface area contributed by atoms with Crippen molar-refractivity contribution in [2.24, 2.45) is 0 Å². The van der Waals surface area contributed by atoms with E-state index in [1.54, 1.807) is 0 Å². The van der Waals surface area contributed by atoms with E-state index in [0.717, 1.165) is 48.8 Å². The van der Waals surface area contributed by atoms with E-state index in [1.807, 2.05) is 54.6 Å². The minimum absolute atomic E-state index is 0.154. The summed E-state index contributed by atoms with van der Waals surface area (Å²) in [7, 11) is -5.13. The van der Waals surface area contributed by atoms with Crippen LogP contribution in [0.4, 0.5) is 0 Å². The third kappa shape index (κ3) is 16.8. The molecule has 1 atom stereocenters. The number of hydrogen-bond donors (Lipinski definition) is 1. The zero-order valence-electron chi connectivity index (χ0n) is 24.2. The lowest BCUT2D eigenvalue weighted by atomic mass is 10.0. The van der Waals surface area contributed by atoms with E-state index in [0.29, 0.717) is 12.8 Å². The van der Waals surface area contributed by atoms with Crippen LogP contribution in [0.15, 0.2) is 66.7 Å². The molecule has 1 amide bonds. The van der Waals surface area contributed by atoms with Gasteiger partial charge >= 0.3 is 0 Å². The minimum atomic E-state index is -5.13. The summed E-state index contributed by atoms with van der Waals surface area (Å²) in [5.41, 5.74) is 3.08. The predicted octanol–water partition coefficient (Wildman–Crippen LogP) is 7.26. The van der Waals surface area contributed by atoms with E-state index in [4.69, 9.17) is 0 Å². The van der Waals surface area contributed by atoms with Crippen LogP contribution in [0.5, 0.6) is 0 Å². The quantitative estimate of drug-likeness (QED) is 0.0913. The topological polar surface area (TPSA) is 102 Å². The number of rotatable bonds is 22. The highest BCUT2D eigenvalue weighted by Gasteiger charge is 2.14. The summed E-state index contributed by atoms with van der Waals surface area (Å²) in [6, 6.07) is 17.2. The molecule has 6 nitrogen and oxygen atoms in total. The van der Waals surface area contributed by atoms with Crippen LogP contribution in [0, 0.1) is 0 Å². The van der Waals surface area contributed by atoms with Gasteiger partial charge in [0.05, 0.1) is 20.5 Å². The maximum atomic E-state index is 12.5. The van der Waals surface area contributed by atoms with Crippen molar-refractivity contribution in [3.8, 4) is 11.1 Å². The number of phosphoric acid groups is 1. The first kappa shape index (κ1) is 34.0. The van der Waals surface area contributed by atoms with Crippen LogP contribution in [-0.4, -0.2) is 18.6 Å². The Morgan fingerprint density at radius 3 is 1.95 bits per heavy atom. The Morgan fingerprint density at radius 1 is 0.800 bits per heavy atom. The molecule has 0 fully saturated rings. The van der Waals surface area contributed by atoms with Crippen molar-refractivity contribution in [1.82, 2.24) is 5.32 Å². The van der Waals surface area contributed by atoms with Crippen LogP contribution < -0.4 is 15.1 Å². The molecule has 0 saturated heterocycles. The molecule has 0 radical (unpaired) electrons. The van der Waals surface area contributed by atoms with E-state index < -0.39 is 13.9 Å². The number of unbranched alkanes of at least 4 members (excludes halogenated alkanes) is 11. The average molecular weight is 570 g/mol. The van der Waals surface area contributed by atoms with Crippen molar-refractivity contribution < 1.29 is 23.7 Å². The van der Waals surface area contributed by atoms with Gasteiger partial charge < -0.3 is 24.2 Å². The molecule has 0 heterocycles. The Kier molecular flexibility index (Phi) is 17.5. The van der Waals surface area contributed by atoms with Crippen LogP contribution in [0.3, 0.4) is 0 Å². The van der Waals surface area contributed by atoms with E-state index in [9.17, 15) is 19.1 Å². The Labute approximate surface area is 241 Å². The Bertz CT molecular complexity index is 1000. The molecular weight excluding hydrogens is 521 g/mol. The standard InChI is InChI=1S/C33H50NO5P/c1-2-3-4-5-6-7-8-9-10-11-12-13-14-15-19-22-33(35)34-32(28-39-40(36,37)38)27-29-23-25-31(26-24-29)30-20-17-16-18-21-30/h9-10,16-18,20-21,23-26,32H,2-8,11-15,19,22,27-28H2,1H3,(H,34,35)(H2,36,37,38)/p-2/b10-9-. The molecule has 2 aromatic rings. The molecule has 0 aliphatic heterocycles. The van der Waals surface area contributed by atoms with Crippen LogP contribution in [0.2, 0.25) is 0 Å². The SMILES string of the molecule is CCCCCCCC/C=C\CCCCCCCC(=O)NC(COP(=O)([O-])[O-])Cc1ccc(-c2ccccc2)cc1. The van der Waals surface area contributed by atoms with Gasteiger partial charge in [0.2, 0.25) is 5.91 Å². The van der Waals surface area contributed by atoms with Crippen molar-refractivity contribution in [3.63, 3.8) is 0 Å². The van der Waals surface area contributed by atoms with Crippen LogP contribution in [0.25, 0.3) is 11.1 Å². The summed E-state index contributed by atoms with van der Waals surface area (Å²) in [6.45, 7) is 1.88. The second-order valence-corrected chi connectivity index (χ2v) is 11.8. The third-order valence-electron chi connectivity index (χ3n) is 7.01. The first-order valence-corrected chi connectivity index (χ1v) is 16.6. The van der Waals surface area contributed by atoms with Crippen molar-refractivity contribution >= 4 is 13.7 Å². The number of hydrogen-bond acceptors (Lipinski definition) is 5. The molecule has 0 aliphatic carbocycles. The van der Waals surface area contributed by atoms with Crippen LogP contribution >= 0.6 is 7.82 Å². The predicted molar refractivity (Wildman–Crippen MR) is 161 cm³/mol. The zero-order valence-corrected chi connectivity index (χ0v) is 25.1. The third-order valence-corrected chi connectivity index (χ3v) is 7.47. The molecule has 1 unspecified atom stereocenters. The summed E-state index contributed by atoms with van der Waals surface area (Å²) in [5.74, 6) is -0.154. The fourth-order valence-corrected chi connectivity index (χ4v) is 5.10. The molecule has 1 N–H and O–H groups in total. The fraction of sp³-hybridized carbons (Fsp3) is 0.545. The van der Waals surface area contributed by atoms with Gasteiger partial charge in [-0.05, 0) is 55.2 Å². The molecule has 0 spiro atoms. The molecule has 2 aromatic carbocycles. The number of nitrogens with one attached hydrogen (secondary N) is 1. The van der Waals surface area contributed by atoms with Gasteiger partial charge in [-0.15, -0.1) is 0 Å². The normalized spacial score (nSPS) is 12.6. The van der Waals surface area contributed by atoms with Crippen LogP contribution in [-0.2, 0) is 20.3 Å². The lowest BCUT2D eigenvalue weighted by molar-refractivity contribution is -0.342. The van der Waals surface area contributed by atoms with Crippen molar-refractivity contribution in [3.05, 3.63) is 72.3 Å². The van der Waals surface area contributed by atoms with Crippen molar-refractivity contribution in [1.29, 1.82) is 0 Å². The Balaban J connectivity index is 1.64. The summed E-state index contributed by atoms with van der Waals surface area (Å²) in [4.78, 5) is 34.6. The Morgan fingerprint density at radius 2 is 1.35 bits per heavy atom. The summed E-state index contributed by atoms with van der Waals surface area (Å²) < 4.78 is 15.6. The highest BCUT2D eigenvalue weighted by molar-refractivity contribution is 7.43. The van der Waals surface area contributed by atoms with E-state index in [2.05, 4.69) is 28.9 Å². The van der Waals surface area contributed by atoms with E-state index in [-0.39, 0.29) is 12.5 Å². The summed E-state index contributed by atoms with van der Waals surface area (Å²) in [5, 5.41) is 2.86. The van der Waals surface area contributed by atoms with Gasteiger partial charge in [0.25, 0.3) is 0 Å². The second-order valence-electron chi connectivity index (χ2n) is 10.6. The Hall–Kier alpha value is -2.24. The minimum Gasteiger partial charge on any atom is -0.790 e. The molecule has 0 saturated carbocycles. The molecule has 0 aromatic heterocycles. The molecular formula is C33H48NO5P-2. The number of benzene rings is 2. The number of carbonyl (C=O) groups is 1. The highest BCUT2D eigenvalue weighted by Crippen LogP contribution is 2.25. The van der Waals surface area contributed by atoms with Gasteiger partial charge in [-0.1, -0.05) is 125 Å². The summed E-state index contributed by atoms with van der Waals surface area (Å²) in [6.07, 6.45) is 20.9. The highest BCUT2D eigenvalue weighted by atomic mass is 31.2. The fourth-order valence-electron chi connectivity index (χ4n) is 4.74. The van der Waals surface area contributed by atoms with Crippen molar-refractivity contribution in [2.75, 3.05) is 6.61 Å². The number of amides is 1. The lowest BCUT2D eigenvalue weighted by Gasteiger charge is -2.31. The van der Waals surface area contributed by atoms with E-state index in [1.165, 1.54) is 51.4 Å². The lowest BCUT2D eigenvalue weighted by Crippen LogP contribution is -2.40. The molecule has 2 rings (SSSR count). The molecule has 40 heavy (non-hydrogen) atoms. The first-order chi connectivity index (χ1) is 19.4. The largest absolute Gasteiger partial charge is 0.790 e. The van der Waals surface area contributed by atoms with Gasteiger partial charge in [-0.3, -0.25) is 4.79 Å². The van der Waals surface area contributed by atoms with Gasteiger partial charge in [-0.2, -0.15) is 0 Å². The van der Waals surface area contributed by atoms with Crippen molar-refractivity contribution in [2.45, 2.75) is 109 Å². The van der Waals surface area contributed by atoms with E-state index >= 15 is 0 Å². The molecule has 0 bridgehead atoms. The maximum Gasteiger partial charge on any atom is 0.220 e. The maximum absolute atomic E-state index is 12.5. The van der Waals surface area contributed by atoms with Gasteiger partial charge in [0.15, 0.2) is 0 Å².